The molecular formula is C26H27FN4O2S2. The van der Waals surface area contributed by atoms with E-state index in [0.717, 1.165) is 28.6 Å². The molecule has 0 aliphatic heterocycles. The SMILES string of the molecule is CCn1c(SCc2ccc(C)cc2)nnc1C(Cc1ccccc1)NS(=O)(=O)c1ccc(F)cc1. The number of halogens is 1. The first-order valence-corrected chi connectivity index (χ1v) is 13.8. The second-order valence-corrected chi connectivity index (χ2v) is 10.8. The van der Waals surface area contributed by atoms with Crippen molar-refractivity contribution in [3.8, 4) is 0 Å². The fraction of sp³-hybridized carbons (Fsp3) is 0.231. The highest BCUT2D eigenvalue weighted by molar-refractivity contribution is 7.98. The van der Waals surface area contributed by atoms with Gasteiger partial charge >= 0.3 is 0 Å². The van der Waals surface area contributed by atoms with E-state index in [9.17, 15) is 12.8 Å². The lowest BCUT2D eigenvalue weighted by molar-refractivity contribution is 0.517. The minimum Gasteiger partial charge on any atom is -0.305 e. The lowest BCUT2D eigenvalue weighted by Gasteiger charge is -2.19. The number of aromatic nitrogens is 3. The van der Waals surface area contributed by atoms with Gasteiger partial charge in [0.15, 0.2) is 11.0 Å². The maximum Gasteiger partial charge on any atom is 0.241 e. The summed E-state index contributed by atoms with van der Waals surface area (Å²) in [5.41, 5.74) is 3.33. The molecule has 0 aliphatic carbocycles. The second kappa shape index (κ2) is 11.2. The molecule has 0 amide bonds. The van der Waals surface area contributed by atoms with Gasteiger partial charge in [0.1, 0.15) is 5.82 Å². The monoisotopic (exact) mass is 510 g/mol. The Kier molecular flexibility index (Phi) is 8.00. The van der Waals surface area contributed by atoms with Gasteiger partial charge in [0, 0.05) is 12.3 Å². The van der Waals surface area contributed by atoms with Crippen LogP contribution in [0, 0.1) is 12.7 Å². The zero-order valence-electron chi connectivity index (χ0n) is 19.6. The average Bonchev–Trinajstić information content (AvgIpc) is 3.27. The maximum atomic E-state index is 13.4. The second-order valence-electron chi connectivity index (χ2n) is 8.18. The fourth-order valence-electron chi connectivity index (χ4n) is 3.70. The van der Waals surface area contributed by atoms with Crippen molar-refractivity contribution in [2.24, 2.45) is 0 Å². The number of nitrogens with one attached hydrogen (secondary N) is 1. The van der Waals surface area contributed by atoms with Crippen molar-refractivity contribution in [1.82, 2.24) is 19.5 Å². The van der Waals surface area contributed by atoms with Crippen LogP contribution in [0.3, 0.4) is 0 Å². The van der Waals surface area contributed by atoms with E-state index in [1.807, 2.05) is 41.8 Å². The van der Waals surface area contributed by atoms with Crippen LogP contribution in [0.15, 0.2) is 88.9 Å². The fourth-order valence-corrected chi connectivity index (χ4v) is 5.86. The van der Waals surface area contributed by atoms with E-state index >= 15 is 0 Å². The molecular weight excluding hydrogens is 483 g/mol. The minimum absolute atomic E-state index is 0.00602. The summed E-state index contributed by atoms with van der Waals surface area (Å²) in [5, 5.41) is 9.52. The Balaban J connectivity index is 1.63. The quantitative estimate of drug-likeness (QED) is 0.293. The van der Waals surface area contributed by atoms with Crippen molar-refractivity contribution < 1.29 is 12.8 Å². The Morgan fingerprint density at radius 3 is 2.29 bits per heavy atom. The Morgan fingerprint density at radius 1 is 0.943 bits per heavy atom. The van der Waals surface area contributed by atoms with Crippen molar-refractivity contribution in [2.45, 2.75) is 48.7 Å². The van der Waals surface area contributed by atoms with E-state index < -0.39 is 21.9 Å². The van der Waals surface area contributed by atoms with Gasteiger partial charge in [-0.2, -0.15) is 0 Å². The summed E-state index contributed by atoms with van der Waals surface area (Å²) in [7, 11) is -3.92. The van der Waals surface area contributed by atoms with Crippen molar-refractivity contribution in [2.75, 3.05) is 0 Å². The molecule has 0 saturated carbocycles. The van der Waals surface area contributed by atoms with E-state index in [1.165, 1.54) is 23.3 Å². The highest BCUT2D eigenvalue weighted by Gasteiger charge is 2.27. The third kappa shape index (κ3) is 6.36. The molecule has 1 heterocycles. The predicted octanol–water partition coefficient (Wildman–Crippen LogP) is 5.30. The molecule has 1 N–H and O–H groups in total. The van der Waals surface area contributed by atoms with Crippen LogP contribution in [0.2, 0.25) is 0 Å². The number of benzene rings is 3. The summed E-state index contributed by atoms with van der Waals surface area (Å²) in [6.45, 7) is 4.62. The van der Waals surface area contributed by atoms with Crippen molar-refractivity contribution >= 4 is 21.8 Å². The number of aryl methyl sites for hydroxylation is 1. The Bertz CT molecular complexity index is 1360. The normalized spacial score (nSPS) is 12.5. The zero-order valence-corrected chi connectivity index (χ0v) is 21.2. The molecule has 0 aliphatic rings. The van der Waals surface area contributed by atoms with E-state index in [1.54, 1.807) is 11.8 Å². The van der Waals surface area contributed by atoms with Gasteiger partial charge in [-0.1, -0.05) is 71.9 Å². The molecule has 6 nitrogen and oxygen atoms in total. The molecule has 0 radical (unpaired) electrons. The van der Waals surface area contributed by atoms with Crippen molar-refractivity contribution in [3.63, 3.8) is 0 Å². The van der Waals surface area contributed by atoms with Crippen LogP contribution in [-0.4, -0.2) is 23.2 Å². The van der Waals surface area contributed by atoms with Gasteiger partial charge in [0.2, 0.25) is 10.0 Å². The van der Waals surface area contributed by atoms with E-state index in [-0.39, 0.29) is 4.90 Å². The van der Waals surface area contributed by atoms with Crippen LogP contribution in [0.5, 0.6) is 0 Å². The van der Waals surface area contributed by atoms with Crippen LogP contribution in [0.1, 0.15) is 35.5 Å². The zero-order chi connectivity index (χ0) is 24.8. The number of rotatable bonds is 10. The Labute approximate surface area is 209 Å². The number of hydrogen-bond acceptors (Lipinski definition) is 5. The molecule has 4 aromatic rings. The smallest absolute Gasteiger partial charge is 0.241 e. The Morgan fingerprint density at radius 2 is 1.63 bits per heavy atom. The predicted molar refractivity (Wildman–Crippen MR) is 136 cm³/mol. The molecule has 1 atom stereocenters. The minimum atomic E-state index is -3.92. The highest BCUT2D eigenvalue weighted by Crippen LogP contribution is 2.27. The van der Waals surface area contributed by atoms with Crippen LogP contribution in [-0.2, 0) is 28.7 Å². The van der Waals surface area contributed by atoms with Gasteiger partial charge in [-0.25, -0.2) is 17.5 Å². The average molecular weight is 511 g/mol. The number of sulfonamides is 1. The number of hydrogen-bond donors (Lipinski definition) is 1. The first-order valence-electron chi connectivity index (χ1n) is 11.3. The first kappa shape index (κ1) is 25.1. The molecule has 3 aromatic carbocycles. The van der Waals surface area contributed by atoms with Gasteiger partial charge in [-0.05, 0) is 55.7 Å². The number of thioether (sulfide) groups is 1. The van der Waals surface area contributed by atoms with E-state index in [4.69, 9.17) is 0 Å². The summed E-state index contributed by atoms with van der Waals surface area (Å²) < 4.78 is 44.4. The lowest BCUT2D eigenvalue weighted by Crippen LogP contribution is -2.32. The van der Waals surface area contributed by atoms with Crippen LogP contribution in [0.25, 0.3) is 0 Å². The molecule has 1 unspecified atom stereocenters. The summed E-state index contributed by atoms with van der Waals surface area (Å²) in [6.07, 6.45) is 0.391. The summed E-state index contributed by atoms with van der Waals surface area (Å²) in [5.74, 6) is 0.766. The third-order valence-electron chi connectivity index (χ3n) is 5.57. The molecule has 0 saturated heterocycles. The lowest BCUT2D eigenvalue weighted by atomic mass is 10.1. The Hall–Kier alpha value is -3.01. The molecule has 9 heteroatoms. The standard InChI is InChI=1S/C26H27FN4O2S2/c1-3-31-25(28-29-26(31)34-18-21-11-9-19(2)10-12-21)24(17-20-7-5-4-6-8-20)30-35(32,33)23-15-13-22(27)14-16-23/h4-16,24,30H,3,17-18H2,1-2H3. The highest BCUT2D eigenvalue weighted by atomic mass is 32.2. The van der Waals surface area contributed by atoms with Crippen molar-refractivity contribution in [3.05, 3.63) is 107 Å². The first-order chi connectivity index (χ1) is 16.9. The molecule has 4 rings (SSSR count). The maximum absolute atomic E-state index is 13.4. The van der Waals surface area contributed by atoms with Gasteiger partial charge in [0.05, 0.1) is 10.9 Å². The van der Waals surface area contributed by atoms with Gasteiger partial charge in [-0.15, -0.1) is 10.2 Å². The van der Waals surface area contributed by atoms with Gasteiger partial charge in [-0.3, -0.25) is 0 Å². The summed E-state index contributed by atoms with van der Waals surface area (Å²) in [4.78, 5) is -0.00602. The van der Waals surface area contributed by atoms with Crippen LogP contribution in [0.4, 0.5) is 4.39 Å². The summed E-state index contributed by atoms with van der Waals surface area (Å²) in [6, 6.07) is 22.1. The van der Waals surface area contributed by atoms with Crippen LogP contribution < -0.4 is 4.72 Å². The molecule has 0 bridgehead atoms. The van der Waals surface area contributed by atoms with Crippen LogP contribution >= 0.6 is 11.8 Å². The topological polar surface area (TPSA) is 76.9 Å². The molecule has 182 valence electrons. The molecule has 1 aromatic heterocycles. The molecule has 0 fully saturated rings. The van der Waals surface area contributed by atoms with E-state index in [2.05, 4.69) is 46.1 Å². The van der Waals surface area contributed by atoms with E-state index in [0.29, 0.717) is 18.8 Å². The third-order valence-corrected chi connectivity index (χ3v) is 8.09. The summed E-state index contributed by atoms with van der Waals surface area (Å²) >= 11 is 1.56. The number of nitrogens with zero attached hydrogens (tertiary/aromatic N) is 3. The van der Waals surface area contributed by atoms with Crippen molar-refractivity contribution in [1.29, 1.82) is 0 Å². The largest absolute Gasteiger partial charge is 0.305 e. The molecule has 35 heavy (non-hydrogen) atoms. The van der Waals surface area contributed by atoms with Gasteiger partial charge < -0.3 is 4.57 Å². The molecule has 0 spiro atoms. The van der Waals surface area contributed by atoms with Gasteiger partial charge in [0.25, 0.3) is 0 Å².